The Balaban J connectivity index is 1.75. The lowest BCUT2D eigenvalue weighted by Gasteiger charge is -2.34. The highest BCUT2D eigenvalue weighted by molar-refractivity contribution is 9.10. The van der Waals surface area contributed by atoms with E-state index in [1.165, 1.54) is 19.1 Å². The van der Waals surface area contributed by atoms with Crippen molar-refractivity contribution in [2.75, 3.05) is 30.9 Å². The SMILES string of the molecule is CC(=O)N1CCN(C(=O)c2cccc(S(=O)(=O)Nc3ccc(Br)cc3)c2)CC1. The molecule has 0 bridgehead atoms. The molecule has 1 saturated heterocycles. The molecule has 1 N–H and O–H groups in total. The molecular weight excluding hydrogens is 446 g/mol. The third kappa shape index (κ3) is 4.71. The van der Waals surface area contributed by atoms with E-state index >= 15 is 0 Å². The molecule has 28 heavy (non-hydrogen) atoms. The van der Waals surface area contributed by atoms with Gasteiger partial charge in [0.05, 0.1) is 4.90 Å². The maximum absolute atomic E-state index is 12.8. The summed E-state index contributed by atoms with van der Waals surface area (Å²) in [5.74, 6) is -0.261. The highest BCUT2D eigenvalue weighted by Gasteiger charge is 2.24. The van der Waals surface area contributed by atoms with Crippen molar-refractivity contribution in [1.29, 1.82) is 0 Å². The number of benzene rings is 2. The van der Waals surface area contributed by atoms with Crippen molar-refractivity contribution in [2.45, 2.75) is 11.8 Å². The van der Waals surface area contributed by atoms with E-state index < -0.39 is 10.0 Å². The highest BCUT2D eigenvalue weighted by Crippen LogP contribution is 2.20. The van der Waals surface area contributed by atoms with Gasteiger partial charge in [0.15, 0.2) is 0 Å². The zero-order valence-corrected chi connectivity index (χ0v) is 17.7. The second-order valence-corrected chi connectivity index (χ2v) is 9.04. The summed E-state index contributed by atoms with van der Waals surface area (Å²) < 4.78 is 28.7. The molecule has 0 radical (unpaired) electrons. The predicted octanol–water partition coefficient (Wildman–Crippen LogP) is 2.55. The van der Waals surface area contributed by atoms with Crippen molar-refractivity contribution < 1.29 is 18.0 Å². The minimum Gasteiger partial charge on any atom is -0.339 e. The average Bonchev–Trinajstić information content (AvgIpc) is 2.69. The molecule has 1 aliphatic rings. The van der Waals surface area contributed by atoms with Crippen LogP contribution in [0.1, 0.15) is 17.3 Å². The Morgan fingerprint density at radius 3 is 2.18 bits per heavy atom. The topological polar surface area (TPSA) is 86.8 Å². The molecule has 0 aromatic heterocycles. The third-order valence-electron chi connectivity index (χ3n) is 4.50. The minimum absolute atomic E-state index is 0.0146. The van der Waals surface area contributed by atoms with Crippen LogP contribution < -0.4 is 4.72 Å². The van der Waals surface area contributed by atoms with Gasteiger partial charge < -0.3 is 9.80 Å². The molecule has 0 aliphatic carbocycles. The van der Waals surface area contributed by atoms with E-state index in [-0.39, 0.29) is 16.7 Å². The molecule has 2 aromatic rings. The van der Waals surface area contributed by atoms with Gasteiger partial charge in [-0.2, -0.15) is 0 Å². The lowest BCUT2D eigenvalue weighted by molar-refractivity contribution is -0.130. The molecule has 0 spiro atoms. The zero-order chi connectivity index (χ0) is 20.3. The molecule has 2 aromatic carbocycles. The van der Waals surface area contributed by atoms with E-state index in [0.717, 1.165) is 4.47 Å². The van der Waals surface area contributed by atoms with Crippen LogP contribution in [-0.4, -0.2) is 56.2 Å². The molecule has 2 amide bonds. The average molecular weight is 466 g/mol. The molecule has 9 heteroatoms. The summed E-state index contributed by atoms with van der Waals surface area (Å²) in [6.07, 6.45) is 0. The van der Waals surface area contributed by atoms with E-state index in [4.69, 9.17) is 0 Å². The van der Waals surface area contributed by atoms with Gasteiger partial charge in [-0.1, -0.05) is 22.0 Å². The van der Waals surface area contributed by atoms with Gasteiger partial charge in [0, 0.05) is 48.8 Å². The Morgan fingerprint density at radius 2 is 1.57 bits per heavy atom. The first-order chi connectivity index (χ1) is 13.3. The van der Waals surface area contributed by atoms with Crippen LogP contribution >= 0.6 is 15.9 Å². The number of rotatable bonds is 4. The molecule has 7 nitrogen and oxygen atoms in total. The highest BCUT2D eigenvalue weighted by atomic mass is 79.9. The van der Waals surface area contributed by atoms with E-state index in [2.05, 4.69) is 20.7 Å². The normalized spacial score (nSPS) is 14.6. The van der Waals surface area contributed by atoms with Crippen molar-refractivity contribution in [3.05, 3.63) is 58.6 Å². The number of anilines is 1. The first kappa shape index (κ1) is 20.3. The van der Waals surface area contributed by atoms with Gasteiger partial charge >= 0.3 is 0 Å². The van der Waals surface area contributed by atoms with Gasteiger partial charge in [0.2, 0.25) is 5.91 Å². The fourth-order valence-corrected chi connectivity index (χ4v) is 4.30. The van der Waals surface area contributed by atoms with Gasteiger partial charge in [-0.05, 0) is 42.5 Å². The number of piperazine rings is 1. The zero-order valence-electron chi connectivity index (χ0n) is 15.3. The standard InChI is InChI=1S/C19H20BrN3O4S/c1-14(24)22-9-11-23(12-10-22)19(25)15-3-2-4-18(13-15)28(26,27)21-17-7-5-16(20)6-8-17/h2-8,13,21H,9-12H2,1H3. The molecule has 3 rings (SSSR count). The van der Waals surface area contributed by atoms with Crippen LogP contribution in [0, 0.1) is 0 Å². The molecular formula is C19H20BrN3O4S. The van der Waals surface area contributed by atoms with E-state index in [9.17, 15) is 18.0 Å². The Labute approximate surface area is 172 Å². The van der Waals surface area contributed by atoms with Crippen molar-refractivity contribution >= 4 is 43.5 Å². The summed E-state index contributed by atoms with van der Waals surface area (Å²) in [6, 6.07) is 12.7. The van der Waals surface area contributed by atoms with E-state index in [1.807, 2.05) is 0 Å². The molecule has 1 heterocycles. The number of hydrogen-bond donors (Lipinski definition) is 1. The summed E-state index contributed by atoms with van der Waals surface area (Å²) in [5, 5.41) is 0. The number of sulfonamides is 1. The van der Waals surface area contributed by atoms with Crippen LogP contribution in [-0.2, 0) is 14.8 Å². The second kappa shape index (κ2) is 8.32. The summed E-state index contributed by atoms with van der Waals surface area (Å²) in [7, 11) is -3.82. The minimum atomic E-state index is -3.82. The monoisotopic (exact) mass is 465 g/mol. The Morgan fingerprint density at radius 1 is 0.964 bits per heavy atom. The Bertz CT molecular complexity index is 984. The number of nitrogens with zero attached hydrogens (tertiary/aromatic N) is 2. The molecule has 0 unspecified atom stereocenters. The lowest BCUT2D eigenvalue weighted by Crippen LogP contribution is -2.50. The lowest BCUT2D eigenvalue weighted by atomic mass is 10.2. The molecule has 1 fully saturated rings. The van der Waals surface area contributed by atoms with Crippen LogP contribution in [0.4, 0.5) is 5.69 Å². The predicted molar refractivity (Wildman–Crippen MR) is 110 cm³/mol. The van der Waals surface area contributed by atoms with E-state index in [0.29, 0.717) is 37.4 Å². The summed E-state index contributed by atoms with van der Waals surface area (Å²) in [6.45, 7) is 3.30. The van der Waals surface area contributed by atoms with Crippen LogP contribution in [0.25, 0.3) is 0 Å². The van der Waals surface area contributed by atoms with Crippen LogP contribution in [0.15, 0.2) is 57.9 Å². The third-order valence-corrected chi connectivity index (χ3v) is 6.41. The van der Waals surface area contributed by atoms with Crippen molar-refractivity contribution in [3.8, 4) is 0 Å². The number of carbonyl (C=O) groups excluding carboxylic acids is 2. The van der Waals surface area contributed by atoms with Crippen molar-refractivity contribution in [1.82, 2.24) is 9.80 Å². The maximum Gasteiger partial charge on any atom is 0.261 e. The fourth-order valence-electron chi connectivity index (χ4n) is 2.94. The fraction of sp³-hybridized carbons (Fsp3) is 0.263. The smallest absolute Gasteiger partial charge is 0.261 e. The summed E-state index contributed by atoms with van der Waals surface area (Å²) in [5.41, 5.74) is 0.732. The largest absolute Gasteiger partial charge is 0.339 e. The quantitative estimate of drug-likeness (QED) is 0.751. The molecule has 0 atom stereocenters. The van der Waals surface area contributed by atoms with Gasteiger partial charge in [0.1, 0.15) is 0 Å². The number of carbonyl (C=O) groups is 2. The Kier molecular flexibility index (Phi) is 6.04. The van der Waals surface area contributed by atoms with Crippen LogP contribution in [0.3, 0.4) is 0 Å². The summed E-state index contributed by atoms with van der Waals surface area (Å²) >= 11 is 3.30. The number of nitrogens with one attached hydrogen (secondary N) is 1. The first-order valence-corrected chi connectivity index (χ1v) is 11.0. The van der Waals surface area contributed by atoms with Gasteiger partial charge in [-0.25, -0.2) is 8.42 Å². The number of amides is 2. The van der Waals surface area contributed by atoms with Gasteiger partial charge in [-0.3, -0.25) is 14.3 Å². The second-order valence-electron chi connectivity index (χ2n) is 6.44. The van der Waals surface area contributed by atoms with Crippen LogP contribution in [0.5, 0.6) is 0 Å². The molecule has 148 valence electrons. The van der Waals surface area contributed by atoms with Gasteiger partial charge in [-0.15, -0.1) is 0 Å². The number of halogens is 1. The van der Waals surface area contributed by atoms with Crippen molar-refractivity contribution in [3.63, 3.8) is 0 Å². The Hall–Kier alpha value is -2.39. The number of hydrogen-bond acceptors (Lipinski definition) is 4. The van der Waals surface area contributed by atoms with Crippen LogP contribution in [0.2, 0.25) is 0 Å². The molecule has 0 saturated carbocycles. The van der Waals surface area contributed by atoms with Crippen molar-refractivity contribution in [2.24, 2.45) is 0 Å². The van der Waals surface area contributed by atoms with Gasteiger partial charge in [0.25, 0.3) is 15.9 Å². The van der Waals surface area contributed by atoms with E-state index in [1.54, 1.807) is 46.2 Å². The first-order valence-electron chi connectivity index (χ1n) is 8.69. The summed E-state index contributed by atoms with van der Waals surface area (Å²) in [4.78, 5) is 27.5. The maximum atomic E-state index is 12.8. The molecule has 1 aliphatic heterocycles.